The summed E-state index contributed by atoms with van der Waals surface area (Å²) < 4.78 is 16.1. The van der Waals surface area contributed by atoms with Gasteiger partial charge in [-0.15, -0.1) is 15.7 Å². The Bertz CT molecular complexity index is 968. The van der Waals surface area contributed by atoms with E-state index in [4.69, 9.17) is 5.14 Å². The van der Waals surface area contributed by atoms with Crippen LogP contribution in [0, 0.1) is 6.92 Å². The van der Waals surface area contributed by atoms with Gasteiger partial charge in [0.05, 0.1) is 10.5 Å². The van der Waals surface area contributed by atoms with Crippen molar-refractivity contribution < 1.29 is 14.1 Å². The van der Waals surface area contributed by atoms with Crippen molar-refractivity contribution in [2.75, 3.05) is 5.32 Å². The number of carbonyl (C=O) groups is 1. The molecule has 140 valence electrons. The summed E-state index contributed by atoms with van der Waals surface area (Å²) in [5.41, 5.74) is 0.443. The molecule has 4 N–H and O–H groups in total. The molecule has 0 bridgehead atoms. The third-order valence-corrected chi connectivity index (χ3v) is 6.76. The van der Waals surface area contributed by atoms with Crippen molar-refractivity contribution >= 4 is 33.2 Å². The van der Waals surface area contributed by atoms with E-state index < -0.39 is 21.5 Å². The molecule has 1 saturated carbocycles. The number of nitrogens with zero attached hydrogens (tertiary/aromatic N) is 4. The molecular formula is C15H20N6O3S2. The van der Waals surface area contributed by atoms with Crippen LogP contribution in [0.1, 0.15) is 48.9 Å². The van der Waals surface area contributed by atoms with E-state index in [1.54, 1.807) is 20.8 Å². The Morgan fingerprint density at radius 3 is 2.73 bits per heavy atom. The number of nitrogens with two attached hydrogens (primary N) is 1. The number of hydrogen-bond donors (Lipinski definition) is 3. The number of urea groups is 1. The first kappa shape index (κ1) is 18.8. The Morgan fingerprint density at radius 1 is 1.46 bits per heavy atom. The lowest BCUT2D eigenvalue weighted by Gasteiger charge is -2.13. The van der Waals surface area contributed by atoms with E-state index in [1.807, 2.05) is 6.07 Å². The Labute approximate surface area is 155 Å². The molecule has 0 spiro atoms. The van der Waals surface area contributed by atoms with Gasteiger partial charge in [0.2, 0.25) is 10.3 Å². The number of anilines is 1. The Kier molecular flexibility index (Phi) is 4.82. The fourth-order valence-corrected chi connectivity index (χ4v) is 4.28. The first-order chi connectivity index (χ1) is 12.0. The second kappa shape index (κ2) is 6.65. The van der Waals surface area contributed by atoms with Crippen molar-refractivity contribution in [2.45, 2.75) is 49.5 Å². The zero-order valence-corrected chi connectivity index (χ0v) is 16.2. The first-order valence-corrected chi connectivity index (χ1v) is 10.3. The standard InChI is InChI=1S/C15H20N6O3S2/c1-8-6-10(9-4-5-9)19-12(18-8)20-13(22)21-26(16,24)14-17-7-11(25-14)15(2,3)23/h6-7,9,23H,4-5H2,1-3H3,(H3,16,18,19,20,21,22,24)/t26-/m0/s1. The Morgan fingerprint density at radius 2 is 2.15 bits per heavy atom. The van der Waals surface area contributed by atoms with Gasteiger partial charge in [-0.2, -0.15) is 0 Å². The van der Waals surface area contributed by atoms with Crippen LogP contribution >= 0.6 is 11.3 Å². The van der Waals surface area contributed by atoms with Gasteiger partial charge in [-0.1, -0.05) is 0 Å². The number of carbonyl (C=O) groups excluding carboxylic acids is 1. The Hall–Kier alpha value is -1.95. The summed E-state index contributed by atoms with van der Waals surface area (Å²) in [6.07, 6.45) is 3.50. The van der Waals surface area contributed by atoms with Crippen LogP contribution in [0.2, 0.25) is 0 Å². The van der Waals surface area contributed by atoms with Crippen molar-refractivity contribution in [3.05, 3.63) is 28.5 Å². The Balaban J connectivity index is 1.81. The van der Waals surface area contributed by atoms with Gasteiger partial charge >= 0.3 is 6.03 Å². The lowest BCUT2D eigenvalue weighted by atomic mass is 10.1. The van der Waals surface area contributed by atoms with Gasteiger partial charge in [0, 0.05) is 23.5 Å². The van der Waals surface area contributed by atoms with E-state index in [9.17, 15) is 14.1 Å². The molecule has 1 fully saturated rings. The molecule has 0 radical (unpaired) electrons. The zero-order valence-electron chi connectivity index (χ0n) is 14.6. The number of amides is 2. The average Bonchev–Trinajstić information content (AvgIpc) is 3.20. The number of thiazole rings is 1. The van der Waals surface area contributed by atoms with E-state index in [-0.39, 0.29) is 10.3 Å². The second-order valence-corrected chi connectivity index (χ2v) is 9.67. The molecule has 2 heterocycles. The monoisotopic (exact) mass is 396 g/mol. The highest BCUT2D eigenvalue weighted by Gasteiger charge is 2.26. The maximum Gasteiger partial charge on any atom is 0.357 e. The van der Waals surface area contributed by atoms with E-state index >= 15 is 0 Å². The minimum absolute atomic E-state index is 0.0337. The normalized spacial score (nSPS) is 16.8. The molecule has 0 saturated heterocycles. The average molecular weight is 396 g/mol. The number of aliphatic hydroxyl groups is 1. The fourth-order valence-electron chi connectivity index (χ4n) is 2.19. The third kappa shape index (κ3) is 4.41. The highest BCUT2D eigenvalue weighted by atomic mass is 32.2. The highest BCUT2D eigenvalue weighted by Crippen LogP contribution is 2.39. The molecule has 1 aliphatic carbocycles. The molecule has 0 aliphatic heterocycles. The van der Waals surface area contributed by atoms with Crippen LogP contribution in [0.25, 0.3) is 0 Å². The molecule has 11 heteroatoms. The maximum atomic E-state index is 12.6. The summed E-state index contributed by atoms with van der Waals surface area (Å²) in [5.74, 6) is 0.505. The molecule has 3 rings (SSSR count). The molecule has 2 aromatic rings. The second-order valence-electron chi connectivity index (χ2n) is 6.67. The van der Waals surface area contributed by atoms with Gasteiger partial charge in [-0.05, 0) is 39.7 Å². The topological polar surface area (TPSA) is 143 Å². The van der Waals surface area contributed by atoms with Gasteiger partial charge in [0.1, 0.15) is 0 Å². The van der Waals surface area contributed by atoms with E-state index in [2.05, 4.69) is 24.6 Å². The van der Waals surface area contributed by atoms with Gasteiger partial charge in [0.25, 0.3) is 0 Å². The van der Waals surface area contributed by atoms with Crippen LogP contribution in [-0.4, -0.2) is 30.3 Å². The van der Waals surface area contributed by atoms with Crippen LogP contribution in [0.5, 0.6) is 0 Å². The first-order valence-electron chi connectivity index (χ1n) is 7.95. The van der Waals surface area contributed by atoms with Crippen molar-refractivity contribution in [3.8, 4) is 0 Å². The summed E-state index contributed by atoms with van der Waals surface area (Å²) >= 11 is 0.946. The van der Waals surface area contributed by atoms with Gasteiger partial charge in [-0.3, -0.25) is 5.32 Å². The number of aromatic nitrogens is 3. The molecule has 2 aromatic heterocycles. The van der Waals surface area contributed by atoms with Crippen molar-refractivity contribution in [3.63, 3.8) is 0 Å². The quantitative estimate of drug-likeness (QED) is 0.723. The minimum Gasteiger partial charge on any atom is -0.385 e. The SMILES string of the molecule is Cc1cc(C2CC2)nc(NC(=O)N=[S@](N)(=O)c2ncc(C(C)(C)O)s2)n1. The molecule has 9 nitrogen and oxygen atoms in total. The number of rotatable bonds is 4. The van der Waals surface area contributed by atoms with Crippen LogP contribution in [0.4, 0.5) is 10.7 Å². The zero-order chi connectivity index (χ0) is 19.1. The summed E-state index contributed by atoms with van der Waals surface area (Å²) in [5, 5.41) is 18.1. The number of hydrogen-bond acceptors (Lipinski definition) is 7. The molecule has 2 amide bonds. The van der Waals surface area contributed by atoms with E-state index in [0.717, 1.165) is 35.6 Å². The smallest absolute Gasteiger partial charge is 0.357 e. The molecule has 1 atom stereocenters. The number of aryl methyl sites for hydroxylation is 1. The van der Waals surface area contributed by atoms with Gasteiger partial charge in [0.15, 0.2) is 9.92 Å². The molecule has 1 aliphatic rings. The molecular weight excluding hydrogens is 376 g/mol. The third-order valence-electron chi connectivity index (χ3n) is 3.64. The van der Waals surface area contributed by atoms with E-state index in [0.29, 0.717) is 10.8 Å². The maximum absolute atomic E-state index is 12.6. The van der Waals surface area contributed by atoms with Crippen LogP contribution in [0.15, 0.2) is 21.0 Å². The van der Waals surface area contributed by atoms with Crippen LogP contribution < -0.4 is 10.5 Å². The summed E-state index contributed by atoms with van der Waals surface area (Å²) in [7, 11) is -3.54. The van der Waals surface area contributed by atoms with Crippen molar-refractivity contribution in [2.24, 2.45) is 9.50 Å². The highest BCUT2D eigenvalue weighted by molar-refractivity contribution is 7.93. The lowest BCUT2D eigenvalue weighted by Crippen LogP contribution is -2.18. The molecule has 0 unspecified atom stereocenters. The molecule has 26 heavy (non-hydrogen) atoms. The summed E-state index contributed by atoms with van der Waals surface area (Å²) in [4.78, 5) is 25.0. The molecule has 0 aromatic carbocycles. The van der Waals surface area contributed by atoms with Crippen LogP contribution in [0.3, 0.4) is 0 Å². The van der Waals surface area contributed by atoms with Crippen molar-refractivity contribution in [1.29, 1.82) is 0 Å². The number of nitrogens with one attached hydrogen (secondary N) is 1. The predicted molar refractivity (Wildman–Crippen MR) is 98.1 cm³/mol. The van der Waals surface area contributed by atoms with Gasteiger partial charge in [-0.25, -0.2) is 29.1 Å². The lowest BCUT2D eigenvalue weighted by molar-refractivity contribution is 0.0823. The van der Waals surface area contributed by atoms with Crippen molar-refractivity contribution in [1.82, 2.24) is 15.0 Å². The largest absolute Gasteiger partial charge is 0.385 e. The minimum atomic E-state index is -3.54. The van der Waals surface area contributed by atoms with E-state index in [1.165, 1.54) is 6.20 Å². The fraction of sp³-hybridized carbons (Fsp3) is 0.467. The summed E-state index contributed by atoms with van der Waals surface area (Å²) in [6.45, 7) is 4.94. The van der Waals surface area contributed by atoms with Gasteiger partial charge < -0.3 is 5.11 Å². The summed E-state index contributed by atoms with van der Waals surface area (Å²) in [6, 6.07) is 0.967. The van der Waals surface area contributed by atoms with Crippen LogP contribution in [-0.2, 0) is 15.5 Å². The predicted octanol–water partition coefficient (Wildman–Crippen LogP) is 2.28.